The first-order chi connectivity index (χ1) is 13.4. The van der Waals surface area contributed by atoms with E-state index >= 15 is 0 Å². The molecule has 0 unspecified atom stereocenters. The standard InChI is InChI=1S/C21H18ClFN2O3.ClH/c22-16-10-18(23)21(25-12-16)28-19-7-6-14(13-4-2-1-3-5-13)8-15(19)9-17(24)11-20(26)27;/h1-8,10,12,17H,9,11,24H2,(H,26,27);1H/t17-;/m1./s1. The SMILES string of the molecule is Cl.N[C@@H](CC(=O)O)Cc1cc(-c2ccccc2)ccc1Oc1ncc(Cl)cc1F. The molecule has 0 radical (unpaired) electrons. The molecule has 0 amide bonds. The molecular formula is C21H19Cl2FN2O3. The van der Waals surface area contributed by atoms with Gasteiger partial charge in [0.1, 0.15) is 5.75 Å². The topological polar surface area (TPSA) is 85.4 Å². The van der Waals surface area contributed by atoms with Crippen molar-refractivity contribution in [2.75, 3.05) is 0 Å². The van der Waals surface area contributed by atoms with Gasteiger partial charge in [0, 0.05) is 12.2 Å². The Labute approximate surface area is 178 Å². The minimum atomic E-state index is -0.986. The Hall–Kier alpha value is -2.67. The van der Waals surface area contributed by atoms with Crippen molar-refractivity contribution in [1.29, 1.82) is 0 Å². The number of carboxylic acids is 1. The predicted molar refractivity (Wildman–Crippen MR) is 112 cm³/mol. The Balaban J connectivity index is 0.00000300. The summed E-state index contributed by atoms with van der Waals surface area (Å²) in [5.74, 6) is -1.54. The molecule has 3 rings (SSSR count). The molecule has 3 aromatic rings. The van der Waals surface area contributed by atoms with Crippen molar-refractivity contribution < 1.29 is 19.0 Å². The van der Waals surface area contributed by atoms with Crippen LogP contribution in [0.15, 0.2) is 60.8 Å². The lowest BCUT2D eigenvalue weighted by Gasteiger charge is -2.16. The first kappa shape index (κ1) is 22.6. The monoisotopic (exact) mass is 436 g/mol. The second-order valence-electron chi connectivity index (χ2n) is 6.29. The van der Waals surface area contributed by atoms with E-state index in [1.54, 1.807) is 6.07 Å². The molecule has 3 N–H and O–H groups in total. The number of nitrogens with zero attached hydrogens (tertiary/aromatic N) is 1. The van der Waals surface area contributed by atoms with Crippen LogP contribution in [0.25, 0.3) is 11.1 Å². The Bertz CT molecular complexity index is 987. The molecule has 0 saturated carbocycles. The van der Waals surface area contributed by atoms with E-state index in [2.05, 4.69) is 4.98 Å². The zero-order valence-corrected chi connectivity index (χ0v) is 16.8. The number of aliphatic carboxylic acids is 1. The third kappa shape index (κ3) is 6.15. The molecule has 1 heterocycles. The van der Waals surface area contributed by atoms with Gasteiger partial charge in [-0.3, -0.25) is 4.79 Å². The maximum atomic E-state index is 14.1. The summed E-state index contributed by atoms with van der Waals surface area (Å²) in [6.45, 7) is 0. The van der Waals surface area contributed by atoms with Gasteiger partial charge in [-0.15, -0.1) is 12.4 Å². The number of carboxylic acid groups (broad SMARTS) is 1. The van der Waals surface area contributed by atoms with Crippen LogP contribution in [-0.4, -0.2) is 22.1 Å². The fourth-order valence-electron chi connectivity index (χ4n) is 2.81. The summed E-state index contributed by atoms with van der Waals surface area (Å²) in [4.78, 5) is 14.8. The van der Waals surface area contributed by atoms with Gasteiger partial charge in [0.25, 0.3) is 5.88 Å². The Morgan fingerprint density at radius 2 is 1.90 bits per heavy atom. The number of ether oxygens (including phenoxy) is 1. The first-order valence-electron chi connectivity index (χ1n) is 8.57. The van der Waals surface area contributed by atoms with Gasteiger partial charge in [-0.1, -0.05) is 48.0 Å². The lowest BCUT2D eigenvalue weighted by Crippen LogP contribution is -2.26. The molecule has 1 aromatic heterocycles. The van der Waals surface area contributed by atoms with Crippen molar-refractivity contribution in [1.82, 2.24) is 4.98 Å². The lowest BCUT2D eigenvalue weighted by molar-refractivity contribution is -0.137. The number of aromatic nitrogens is 1. The zero-order valence-electron chi connectivity index (χ0n) is 15.2. The first-order valence-corrected chi connectivity index (χ1v) is 8.95. The summed E-state index contributed by atoms with van der Waals surface area (Å²) in [5, 5.41) is 9.14. The molecule has 1 atom stereocenters. The van der Waals surface area contributed by atoms with Crippen LogP contribution < -0.4 is 10.5 Å². The second-order valence-corrected chi connectivity index (χ2v) is 6.73. The maximum absolute atomic E-state index is 14.1. The number of pyridine rings is 1. The third-order valence-corrected chi connectivity index (χ3v) is 4.27. The van der Waals surface area contributed by atoms with E-state index < -0.39 is 17.8 Å². The van der Waals surface area contributed by atoms with Gasteiger partial charge in [-0.05, 0) is 41.3 Å². The molecular weight excluding hydrogens is 418 g/mol. The van der Waals surface area contributed by atoms with Gasteiger partial charge in [0.2, 0.25) is 0 Å². The highest BCUT2D eigenvalue weighted by Crippen LogP contribution is 2.32. The van der Waals surface area contributed by atoms with Crippen LogP contribution in [0.3, 0.4) is 0 Å². The number of nitrogens with two attached hydrogens (primary N) is 1. The maximum Gasteiger partial charge on any atom is 0.304 e. The molecule has 29 heavy (non-hydrogen) atoms. The van der Waals surface area contributed by atoms with Crippen LogP contribution in [0.2, 0.25) is 5.02 Å². The second kappa shape index (κ2) is 10.2. The largest absolute Gasteiger partial charge is 0.481 e. The molecule has 5 nitrogen and oxygen atoms in total. The third-order valence-electron chi connectivity index (χ3n) is 4.07. The average Bonchev–Trinajstić information content (AvgIpc) is 2.65. The molecule has 2 aromatic carbocycles. The highest BCUT2D eigenvalue weighted by atomic mass is 35.5. The molecule has 0 spiro atoms. The minimum absolute atomic E-state index is 0. The Kier molecular flexibility index (Phi) is 7.96. The Morgan fingerprint density at radius 1 is 1.17 bits per heavy atom. The average molecular weight is 437 g/mol. The van der Waals surface area contributed by atoms with Crippen molar-refractivity contribution in [3.63, 3.8) is 0 Å². The van der Waals surface area contributed by atoms with Gasteiger partial charge in [-0.25, -0.2) is 9.37 Å². The van der Waals surface area contributed by atoms with Crippen molar-refractivity contribution >= 4 is 30.0 Å². The highest BCUT2D eigenvalue weighted by molar-refractivity contribution is 6.30. The highest BCUT2D eigenvalue weighted by Gasteiger charge is 2.16. The quantitative estimate of drug-likeness (QED) is 0.537. The van der Waals surface area contributed by atoms with E-state index in [1.165, 1.54) is 6.20 Å². The molecule has 0 bridgehead atoms. The minimum Gasteiger partial charge on any atom is -0.481 e. The molecule has 0 aliphatic rings. The number of halogens is 3. The molecule has 152 valence electrons. The van der Waals surface area contributed by atoms with Gasteiger partial charge in [0.05, 0.1) is 11.4 Å². The van der Waals surface area contributed by atoms with Crippen LogP contribution >= 0.6 is 24.0 Å². The van der Waals surface area contributed by atoms with Crippen molar-refractivity contribution in [3.05, 3.63) is 77.2 Å². The van der Waals surface area contributed by atoms with Gasteiger partial charge in [0.15, 0.2) is 5.82 Å². The predicted octanol–water partition coefficient (Wildman–Crippen LogP) is 5.10. The summed E-state index contributed by atoms with van der Waals surface area (Å²) >= 11 is 5.73. The summed E-state index contributed by atoms with van der Waals surface area (Å²) < 4.78 is 19.7. The summed E-state index contributed by atoms with van der Waals surface area (Å²) in [6, 6.07) is 15.6. The van der Waals surface area contributed by atoms with E-state index in [0.29, 0.717) is 11.3 Å². The fraction of sp³-hybridized carbons (Fsp3) is 0.143. The Morgan fingerprint density at radius 3 is 2.55 bits per heavy atom. The molecule has 0 saturated heterocycles. The normalized spacial score (nSPS) is 11.4. The van der Waals surface area contributed by atoms with Crippen LogP contribution in [0.1, 0.15) is 12.0 Å². The fourth-order valence-corrected chi connectivity index (χ4v) is 2.95. The van der Waals surface area contributed by atoms with Crippen molar-refractivity contribution in [3.8, 4) is 22.8 Å². The number of hydrogen-bond donors (Lipinski definition) is 2. The zero-order chi connectivity index (χ0) is 20.1. The van der Waals surface area contributed by atoms with E-state index in [9.17, 15) is 9.18 Å². The summed E-state index contributed by atoms with van der Waals surface area (Å²) in [5.41, 5.74) is 8.52. The van der Waals surface area contributed by atoms with Crippen molar-refractivity contribution in [2.45, 2.75) is 18.9 Å². The van der Waals surface area contributed by atoms with Crippen molar-refractivity contribution in [2.24, 2.45) is 5.73 Å². The summed E-state index contributed by atoms with van der Waals surface area (Å²) in [6.07, 6.45) is 1.34. The molecule has 0 fully saturated rings. The van der Waals surface area contributed by atoms with E-state index in [-0.39, 0.29) is 36.2 Å². The molecule has 0 aliphatic heterocycles. The van der Waals surface area contributed by atoms with Crippen LogP contribution in [-0.2, 0) is 11.2 Å². The van der Waals surface area contributed by atoms with E-state index in [1.807, 2.05) is 42.5 Å². The van der Waals surface area contributed by atoms with Gasteiger partial charge >= 0.3 is 5.97 Å². The van der Waals surface area contributed by atoms with Crippen LogP contribution in [0.5, 0.6) is 11.6 Å². The van der Waals surface area contributed by atoms with Gasteiger partial charge < -0.3 is 15.6 Å². The van der Waals surface area contributed by atoms with E-state index in [0.717, 1.165) is 17.2 Å². The van der Waals surface area contributed by atoms with Crippen LogP contribution in [0, 0.1) is 5.82 Å². The number of rotatable bonds is 7. The molecule has 8 heteroatoms. The van der Waals surface area contributed by atoms with Crippen LogP contribution in [0.4, 0.5) is 4.39 Å². The lowest BCUT2D eigenvalue weighted by atomic mass is 9.97. The number of carbonyl (C=O) groups is 1. The number of benzene rings is 2. The van der Waals surface area contributed by atoms with E-state index in [4.69, 9.17) is 27.2 Å². The van der Waals surface area contributed by atoms with Gasteiger partial charge in [-0.2, -0.15) is 0 Å². The smallest absolute Gasteiger partial charge is 0.304 e. The summed E-state index contributed by atoms with van der Waals surface area (Å²) in [7, 11) is 0. The molecule has 0 aliphatic carbocycles. The number of hydrogen-bond acceptors (Lipinski definition) is 4.